The summed E-state index contributed by atoms with van der Waals surface area (Å²) in [5.41, 5.74) is 2.04. The lowest BCUT2D eigenvalue weighted by molar-refractivity contribution is 0.319. The standard InChI is InChI=1S/C10H15NO3S/c1-9-2-4-10(5-3-9)8-11-15(13,14)7-6-12/h2-5,11-12H,6-8H2,1H3. The molecule has 0 atom stereocenters. The number of aliphatic hydroxyl groups excluding tert-OH is 1. The van der Waals surface area contributed by atoms with Crippen LogP contribution in [0.1, 0.15) is 11.1 Å². The van der Waals surface area contributed by atoms with Crippen molar-refractivity contribution >= 4 is 10.0 Å². The molecular formula is C10H15NO3S. The van der Waals surface area contributed by atoms with Crippen LogP contribution < -0.4 is 4.72 Å². The van der Waals surface area contributed by atoms with Crippen molar-refractivity contribution in [2.45, 2.75) is 13.5 Å². The molecule has 2 N–H and O–H groups in total. The Bertz CT molecular complexity index is 397. The van der Waals surface area contributed by atoms with Crippen LogP contribution in [-0.2, 0) is 16.6 Å². The summed E-state index contributed by atoms with van der Waals surface area (Å²) >= 11 is 0. The van der Waals surface area contributed by atoms with Crippen molar-refractivity contribution in [3.8, 4) is 0 Å². The van der Waals surface area contributed by atoms with Crippen LogP contribution >= 0.6 is 0 Å². The first-order valence-corrected chi connectivity index (χ1v) is 6.32. The number of aliphatic hydroxyl groups is 1. The highest BCUT2D eigenvalue weighted by Crippen LogP contribution is 2.03. The quantitative estimate of drug-likeness (QED) is 0.768. The average Bonchev–Trinajstić information content (AvgIpc) is 2.17. The molecule has 0 spiro atoms. The van der Waals surface area contributed by atoms with E-state index in [1.807, 2.05) is 31.2 Å². The van der Waals surface area contributed by atoms with Gasteiger partial charge in [0.25, 0.3) is 0 Å². The van der Waals surface area contributed by atoms with Gasteiger partial charge >= 0.3 is 0 Å². The number of nitrogens with one attached hydrogen (secondary N) is 1. The highest BCUT2D eigenvalue weighted by Gasteiger charge is 2.07. The second-order valence-corrected chi connectivity index (χ2v) is 5.28. The summed E-state index contributed by atoms with van der Waals surface area (Å²) in [6, 6.07) is 7.60. The molecule has 1 aromatic rings. The fraction of sp³-hybridized carbons (Fsp3) is 0.400. The van der Waals surface area contributed by atoms with Gasteiger partial charge in [-0.15, -0.1) is 0 Å². The third-order valence-corrected chi connectivity index (χ3v) is 3.28. The summed E-state index contributed by atoms with van der Waals surface area (Å²) in [4.78, 5) is 0. The largest absolute Gasteiger partial charge is 0.395 e. The zero-order valence-corrected chi connectivity index (χ0v) is 9.42. The zero-order chi connectivity index (χ0) is 11.3. The maximum atomic E-state index is 11.2. The molecule has 5 heteroatoms. The Morgan fingerprint density at radius 1 is 1.27 bits per heavy atom. The lowest BCUT2D eigenvalue weighted by Crippen LogP contribution is -2.27. The van der Waals surface area contributed by atoms with Crippen molar-refractivity contribution in [3.63, 3.8) is 0 Å². The zero-order valence-electron chi connectivity index (χ0n) is 8.60. The second kappa shape index (κ2) is 5.25. The third kappa shape index (κ3) is 4.42. The van der Waals surface area contributed by atoms with Gasteiger partial charge in [0, 0.05) is 6.54 Å². The molecule has 0 saturated carbocycles. The lowest BCUT2D eigenvalue weighted by atomic mass is 10.2. The summed E-state index contributed by atoms with van der Waals surface area (Å²) < 4.78 is 24.8. The molecule has 1 rings (SSSR count). The molecule has 0 aliphatic carbocycles. The van der Waals surface area contributed by atoms with Crippen LogP contribution in [-0.4, -0.2) is 25.9 Å². The molecule has 0 fully saturated rings. The normalized spacial score (nSPS) is 11.6. The molecule has 0 saturated heterocycles. The van der Waals surface area contributed by atoms with Gasteiger partial charge in [0.05, 0.1) is 12.4 Å². The van der Waals surface area contributed by atoms with Gasteiger partial charge in [-0.05, 0) is 12.5 Å². The Balaban J connectivity index is 2.54. The van der Waals surface area contributed by atoms with E-state index in [2.05, 4.69) is 4.72 Å². The van der Waals surface area contributed by atoms with E-state index in [-0.39, 0.29) is 18.9 Å². The highest BCUT2D eigenvalue weighted by molar-refractivity contribution is 7.89. The van der Waals surface area contributed by atoms with Gasteiger partial charge in [-0.25, -0.2) is 13.1 Å². The van der Waals surface area contributed by atoms with Gasteiger partial charge in [-0.1, -0.05) is 29.8 Å². The maximum absolute atomic E-state index is 11.2. The molecule has 1 aromatic carbocycles. The Kier molecular flexibility index (Phi) is 4.26. The van der Waals surface area contributed by atoms with E-state index in [0.29, 0.717) is 0 Å². The van der Waals surface area contributed by atoms with E-state index in [4.69, 9.17) is 5.11 Å². The fourth-order valence-corrected chi connectivity index (χ4v) is 1.86. The van der Waals surface area contributed by atoms with E-state index < -0.39 is 10.0 Å². The molecule has 0 aliphatic rings. The minimum Gasteiger partial charge on any atom is -0.395 e. The second-order valence-electron chi connectivity index (χ2n) is 3.35. The van der Waals surface area contributed by atoms with Crippen molar-refractivity contribution in [2.75, 3.05) is 12.4 Å². The number of benzene rings is 1. The molecule has 0 bridgehead atoms. The molecule has 0 heterocycles. The fourth-order valence-electron chi connectivity index (χ4n) is 1.09. The van der Waals surface area contributed by atoms with Gasteiger partial charge < -0.3 is 5.11 Å². The first-order chi connectivity index (χ1) is 7.03. The summed E-state index contributed by atoms with van der Waals surface area (Å²) in [5.74, 6) is -0.251. The summed E-state index contributed by atoms with van der Waals surface area (Å²) in [7, 11) is -3.34. The Hall–Kier alpha value is -0.910. The summed E-state index contributed by atoms with van der Waals surface area (Å²) in [5, 5.41) is 8.52. The van der Waals surface area contributed by atoms with Gasteiger partial charge in [0.2, 0.25) is 10.0 Å². The van der Waals surface area contributed by atoms with Gasteiger partial charge in [0.1, 0.15) is 0 Å². The van der Waals surface area contributed by atoms with E-state index in [1.54, 1.807) is 0 Å². The minimum atomic E-state index is -3.34. The van der Waals surface area contributed by atoms with Crippen LogP contribution in [0.4, 0.5) is 0 Å². The van der Waals surface area contributed by atoms with Crippen LogP contribution in [0.5, 0.6) is 0 Å². The molecule has 0 aliphatic heterocycles. The molecule has 84 valence electrons. The molecule has 15 heavy (non-hydrogen) atoms. The summed E-state index contributed by atoms with van der Waals surface area (Å²) in [6.45, 7) is 1.88. The average molecular weight is 229 g/mol. The van der Waals surface area contributed by atoms with Crippen LogP contribution in [0.2, 0.25) is 0 Å². The SMILES string of the molecule is Cc1ccc(CNS(=O)(=O)CCO)cc1. The molecule has 0 aromatic heterocycles. The number of hydrogen-bond acceptors (Lipinski definition) is 3. The minimum absolute atomic E-state index is 0.251. The van der Waals surface area contributed by atoms with Crippen molar-refractivity contribution in [1.82, 2.24) is 4.72 Å². The van der Waals surface area contributed by atoms with Crippen LogP contribution in [0.15, 0.2) is 24.3 Å². The van der Waals surface area contributed by atoms with Crippen molar-refractivity contribution < 1.29 is 13.5 Å². The highest BCUT2D eigenvalue weighted by atomic mass is 32.2. The van der Waals surface area contributed by atoms with Crippen molar-refractivity contribution in [3.05, 3.63) is 35.4 Å². The Morgan fingerprint density at radius 3 is 2.40 bits per heavy atom. The predicted octanol–water partition coefficient (Wildman–Crippen LogP) is 0.407. The van der Waals surface area contributed by atoms with Gasteiger partial charge in [-0.2, -0.15) is 0 Å². The number of aryl methyl sites for hydroxylation is 1. The molecule has 0 radical (unpaired) electrons. The summed E-state index contributed by atoms with van der Waals surface area (Å²) in [6.07, 6.45) is 0. The molecule has 0 unspecified atom stereocenters. The topological polar surface area (TPSA) is 66.4 Å². The van der Waals surface area contributed by atoms with Crippen LogP contribution in [0.3, 0.4) is 0 Å². The Labute approximate surface area is 90.0 Å². The van der Waals surface area contributed by atoms with E-state index in [9.17, 15) is 8.42 Å². The van der Waals surface area contributed by atoms with E-state index in [0.717, 1.165) is 11.1 Å². The van der Waals surface area contributed by atoms with Gasteiger partial charge in [-0.3, -0.25) is 0 Å². The number of rotatable bonds is 5. The van der Waals surface area contributed by atoms with Crippen LogP contribution in [0, 0.1) is 6.92 Å². The number of hydrogen-bond donors (Lipinski definition) is 2. The van der Waals surface area contributed by atoms with Crippen molar-refractivity contribution in [1.29, 1.82) is 0 Å². The predicted molar refractivity (Wildman–Crippen MR) is 58.9 cm³/mol. The Morgan fingerprint density at radius 2 is 1.87 bits per heavy atom. The van der Waals surface area contributed by atoms with Crippen LogP contribution in [0.25, 0.3) is 0 Å². The molecule has 0 amide bonds. The maximum Gasteiger partial charge on any atom is 0.214 e. The first-order valence-electron chi connectivity index (χ1n) is 4.67. The number of sulfonamides is 1. The molecule has 4 nitrogen and oxygen atoms in total. The molecular weight excluding hydrogens is 214 g/mol. The third-order valence-electron chi connectivity index (χ3n) is 1.98. The van der Waals surface area contributed by atoms with E-state index >= 15 is 0 Å². The smallest absolute Gasteiger partial charge is 0.214 e. The lowest BCUT2D eigenvalue weighted by Gasteiger charge is -2.05. The van der Waals surface area contributed by atoms with E-state index in [1.165, 1.54) is 0 Å². The van der Waals surface area contributed by atoms with Crippen molar-refractivity contribution in [2.24, 2.45) is 0 Å². The van der Waals surface area contributed by atoms with Gasteiger partial charge in [0.15, 0.2) is 0 Å². The first kappa shape index (κ1) is 12.2. The monoisotopic (exact) mass is 229 g/mol.